The molecule has 2 rings (SSSR count). The molecule has 0 atom stereocenters. The molecule has 0 aromatic carbocycles. The van der Waals surface area contributed by atoms with Gasteiger partial charge in [-0.3, -0.25) is 4.79 Å². The number of nitrogens with one attached hydrogen (secondary N) is 1. The molecule has 0 saturated heterocycles. The Bertz CT molecular complexity index is 648. The van der Waals surface area contributed by atoms with Crippen LogP contribution in [0.4, 0.5) is 5.00 Å². The van der Waals surface area contributed by atoms with E-state index in [-0.39, 0.29) is 15.9 Å². The molecular weight excluding hydrogens is 293 g/mol. The predicted octanol–water partition coefficient (Wildman–Crippen LogP) is 3.57. The molecule has 0 aliphatic heterocycles. The average molecular weight is 298 g/mol. The molecule has 2 aromatic heterocycles. The number of hydrogen-bond acceptors (Lipinski definition) is 4. The average Bonchev–Trinajstić information content (AvgIpc) is 2.79. The molecule has 0 saturated carbocycles. The molecular formula is C11H5Cl2N3OS. The highest BCUT2D eigenvalue weighted by atomic mass is 35.5. The monoisotopic (exact) mass is 297 g/mol. The van der Waals surface area contributed by atoms with Gasteiger partial charge in [0.05, 0.1) is 10.6 Å². The van der Waals surface area contributed by atoms with Crippen LogP contribution in [0.25, 0.3) is 0 Å². The Balaban J connectivity index is 2.28. The van der Waals surface area contributed by atoms with Crippen LogP contribution in [-0.4, -0.2) is 10.9 Å². The van der Waals surface area contributed by atoms with Crippen molar-refractivity contribution in [2.45, 2.75) is 0 Å². The number of carbonyl (C=O) groups excluding carboxylic acids is 1. The van der Waals surface area contributed by atoms with Crippen molar-refractivity contribution in [1.29, 1.82) is 5.26 Å². The first kappa shape index (κ1) is 12.8. The molecule has 4 nitrogen and oxygen atoms in total. The Kier molecular flexibility index (Phi) is 3.82. The van der Waals surface area contributed by atoms with Crippen LogP contribution in [0.2, 0.25) is 10.2 Å². The summed E-state index contributed by atoms with van der Waals surface area (Å²) in [5.41, 5.74) is 0.424. The summed E-state index contributed by atoms with van der Waals surface area (Å²) in [6.45, 7) is 0. The minimum atomic E-state index is -0.499. The zero-order valence-electron chi connectivity index (χ0n) is 8.78. The molecule has 1 N–H and O–H groups in total. The molecule has 0 unspecified atom stereocenters. The van der Waals surface area contributed by atoms with Crippen molar-refractivity contribution in [3.63, 3.8) is 0 Å². The third-order valence-corrected chi connectivity index (χ3v) is 3.39. The van der Waals surface area contributed by atoms with E-state index in [0.717, 1.165) is 0 Å². The van der Waals surface area contributed by atoms with Gasteiger partial charge in [0.15, 0.2) is 0 Å². The molecule has 0 aliphatic carbocycles. The van der Waals surface area contributed by atoms with E-state index in [0.29, 0.717) is 10.6 Å². The smallest absolute Gasteiger partial charge is 0.276 e. The van der Waals surface area contributed by atoms with Crippen LogP contribution in [0.3, 0.4) is 0 Å². The fraction of sp³-hybridized carbons (Fsp3) is 0. The van der Waals surface area contributed by atoms with Crippen LogP contribution < -0.4 is 5.32 Å². The van der Waals surface area contributed by atoms with Crippen LogP contribution >= 0.6 is 34.5 Å². The van der Waals surface area contributed by atoms with E-state index in [1.807, 2.05) is 6.07 Å². The maximum Gasteiger partial charge on any atom is 0.276 e. The van der Waals surface area contributed by atoms with Crippen LogP contribution in [0.5, 0.6) is 0 Å². The minimum absolute atomic E-state index is 0.0291. The fourth-order valence-electron chi connectivity index (χ4n) is 1.23. The number of nitriles is 1. The topological polar surface area (TPSA) is 65.8 Å². The molecule has 0 radical (unpaired) electrons. The van der Waals surface area contributed by atoms with Gasteiger partial charge in [-0.25, -0.2) is 4.98 Å². The van der Waals surface area contributed by atoms with Crippen molar-refractivity contribution < 1.29 is 4.79 Å². The van der Waals surface area contributed by atoms with E-state index in [9.17, 15) is 4.79 Å². The largest absolute Gasteiger partial charge is 0.311 e. The van der Waals surface area contributed by atoms with Gasteiger partial charge in [0.2, 0.25) is 0 Å². The highest BCUT2D eigenvalue weighted by Gasteiger charge is 2.15. The number of pyridine rings is 1. The van der Waals surface area contributed by atoms with E-state index in [2.05, 4.69) is 10.3 Å². The normalized spacial score (nSPS) is 9.83. The first-order valence-electron chi connectivity index (χ1n) is 4.73. The summed E-state index contributed by atoms with van der Waals surface area (Å²) in [5, 5.41) is 14.0. The Morgan fingerprint density at radius 3 is 2.89 bits per heavy atom. The summed E-state index contributed by atoms with van der Waals surface area (Å²) in [6, 6.07) is 6.58. The van der Waals surface area contributed by atoms with Crippen LogP contribution in [0.15, 0.2) is 23.6 Å². The van der Waals surface area contributed by atoms with Gasteiger partial charge in [0.1, 0.15) is 21.9 Å². The van der Waals surface area contributed by atoms with Crippen molar-refractivity contribution in [1.82, 2.24) is 4.98 Å². The summed E-state index contributed by atoms with van der Waals surface area (Å²) in [6.07, 6.45) is 0. The number of halogens is 2. The number of anilines is 1. The number of rotatable bonds is 2. The van der Waals surface area contributed by atoms with Crippen LogP contribution in [0, 0.1) is 11.3 Å². The summed E-state index contributed by atoms with van der Waals surface area (Å²) < 4.78 is 0. The molecule has 1 amide bonds. The van der Waals surface area contributed by atoms with Crippen molar-refractivity contribution in [2.75, 3.05) is 5.32 Å². The molecule has 0 bridgehead atoms. The molecule has 7 heteroatoms. The van der Waals surface area contributed by atoms with Gasteiger partial charge >= 0.3 is 0 Å². The highest BCUT2D eigenvalue weighted by molar-refractivity contribution is 7.14. The number of carbonyl (C=O) groups is 1. The van der Waals surface area contributed by atoms with Crippen LogP contribution in [-0.2, 0) is 0 Å². The van der Waals surface area contributed by atoms with Gasteiger partial charge in [-0.1, -0.05) is 23.2 Å². The van der Waals surface area contributed by atoms with E-state index in [1.165, 1.54) is 23.5 Å². The van der Waals surface area contributed by atoms with Crippen molar-refractivity contribution in [3.8, 4) is 6.07 Å². The predicted molar refractivity (Wildman–Crippen MR) is 71.2 cm³/mol. The zero-order chi connectivity index (χ0) is 13.1. The Morgan fingerprint density at radius 2 is 2.17 bits per heavy atom. The minimum Gasteiger partial charge on any atom is -0.311 e. The van der Waals surface area contributed by atoms with E-state index < -0.39 is 5.91 Å². The summed E-state index contributed by atoms with van der Waals surface area (Å²) in [4.78, 5) is 15.8. The van der Waals surface area contributed by atoms with Gasteiger partial charge < -0.3 is 5.32 Å². The SMILES string of the molecule is N#Cc1ccsc1NC(=O)c1nc(Cl)ccc1Cl. The van der Waals surface area contributed by atoms with Gasteiger partial charge in [0, 0.05) is 0 Å². The fourth-order valence-corrected chi connectivity index (χ4v) is 2.31. The van der Waals surface area contributed by atoms with Gasteiger partial charge in [-0.05, 0) is 23.6 Å². The van der Waals surface area contributed by atoms with Crippen molar-refractivity contribution in [2.24, 2.45) is 0 Å². The number of hydrogen-bond donors (Lipinski definition) is 1. The number of nitrogens with zero attached hydrogens (tertiary/aromatic N) is 2. The lowest BCUT2D eigenvalue weighted by Gasteiger charge is -2.04. The lowest BCUT2D eigenvalue weighted by molar-refractivity contribution is 0.102. The van der Waals surface area contributed by atoms with Crippen LogP contribution in [0.1, 0.15) is 16.1 Å². The summed E-state index contributed by atoms with van der Waals surface area (Å²) in [5.74, 6) is -0.499. The van der Waals surface area contributed by atoms with Crippen molar-refractivity contribution >= 4 is 45.4 Å². The Labute approximate surface area is 117 Å². The molecule has 0 aliphatic rings. The first-order valence-corrected chi connectivity index (χ1v) is 6.36. The molecule has 18 heavy (non-hydrogen) atoms. The number of aromatic nitrogens is 1. The van der Waals surface area contributed by atoms with Gasteiger partial charge in [-0.2, -0.15) is 5.26 Å². The number of thiophene rings is 1. The molecule has 90 valence electrons. The third kappa shape index (κ3) is 2.62. The Hall–Kier alpha value is -1.61. The standard InChI is InChI=1S/C11H5Cl2N3OS/c12-7-1-2-8(13)15-9(7)10(17)16-11-6(5-14)3-4-18-11/h1-4H,(H,16,17). The summed E-state index contributed by atoms with van der Waals surface area (Å²) in [7, 11) is 0. The number of amides is 1. The lowest BCUT2D eigenvalue weighted by atomic mass is 10.3. The Morgan fingerprint density at radius 1 is 1.39 bits per heavy atom. The maximum absolute atomic E-state index is 11.9. The molecule has 0 spiro atoms. The molecule has 0 fully saturated rings. The summed E-state index contributed by atoms with van der Waals surface area (Å²) >= 11 is 12.8. The van der Waals surface area contributed by atoms with E-state index >= 15 is 0 Å². The second-order valence-electron chi connectivity index (χ2n) is 3.19. The third-order valence-electron chi connectivity index (χ3n) is 2.04. The van der Waals surface area contributed by atoms with Crippen molar-refractivity contribution in [3.05, 3.63) is 45.0 Å². The maximum atomic E-state index is 11.9. The second-order valence-corrected chi connectivity index (χ2v) is 4.90. The zero-order valence-corrected chi connectivity index (χ0v) is 11.1. The molecule has 2 aromatic rings. The van der Waals surface area contributed by atoms with E-state index in [1.54, 1.807) is 11.4 Å². The highest BCUT2D eigenvalue weighted by Crippen LogP contribution is 2.24. The van der Waals surface area contributed by atoms with Gasteiger partial charge in [-0.15, -0.1) is 11.3 Å². The van der Waals surface area contributed by atoms with Gasteiger partial charge in [0.25, 0.3) is 5.91 Å². The second kappa shape index (κ2) is 5.36. The lowest BCUT2D eigenvalue weighted by Crippen LogP contribution is -2.14. The molecule has 2 heterocycles. The quantitative estimate of drug-likeness (QED) is 0.862. The van der Waals surface area contributed by atoms with E-state index in [4.69, 9.17) is 28.5 Å². The first-order chi connectivity index (χ1) is 8.61.